The summed E-state index contributed by atoms with van der Waals surface area (Å²) in [5.41, 5.74) is 5.73. The minimum absolute atomic E-state index is 0.0976. The van der Waals surface area contributed by atoms with Gasteiger partial charge in [-0.05, 0) is 61.4 Å². The molecule has 6 rings (SSSR count). The van der Waals surface area contributed by atoms with Crippen LogP contribution in [-0.2, 0) is 18.5 Å². The van der Waals surface area contributed by atoms with Crippen molar-refractivity contribution in [2.75, 3.05) is 0 Å². The third-order valence-corrected chi connectivity index (χ3v) is 6.98. The van der Waals surface area contributed by atoms with Gasteiger partial charge < -0.3 is 9.97 Å². The molecule has 0 radical (unpaired) electrons. The number of hydrogen-bond donors (Lipinski definition) is 3. The standard InChI is InChI=1S/C26H24ClFN6/c1-3-34-14-16(12-30-34)23-24-20(19-9-6-17(27)10-21(19)31-24)11-26(2,33-23)25-29-13-22(32-25)15-4-7-18(28)8-5-15/h4-10,12-14,23,31,33H,3,11H2,1-2H3,(H,29,32)/t23?,26-/m1/s1. The van der Waals surface area contributed by atoms with Gasteiger partial charge in [0.15, 0.2) is 0 Å². The molecule has 8 heteroatoms. The highest BCUT2D eigenvalue weighted by atomic mass is 35.5. The average molecular weight is 475 g/mol. The molecule has 1 aliphatic heterocycles. The maximum atomic E-state index is 13.4. The monoisotopic (exact) mass is 474 g/mol. The Morgan fingerprint density at radius 1 is 1.15 bits per heavy atom. The van der Waals surface area contributed by atoms with Crippen LogP contribution >= 0.6 is 11.6 Å². The molecule has 0 fully saturated rings. The minimum Gasteiger partial charge on any atom is -0.357 e. The molecule has 3 aromatic heterocycles. The fourth-order valence-corrected chi connectivity index (χ4v) is 5.13. The van der Waals surface area contributed by atoms with Gasteiger partial charge in [-0.25, -0.2) is 9.37 Å². The van der Waals surface area contributed by atoms with Gasteiger partial charge in [0.25, 0.3) is 0 Å². The molecule has 1 unspecified atom stereocenters. The number of H-pyrrole nitrogens is 2. The van der Waals surface area contributed by atoms with Gasteiger partial charge >= 0.3 is 0 Å². The SMILES string of the molecule is CCn1cc(C2N[C@@](C)(c3ncc(-c4ccc(F)cc4)[nH]3)Cc3c2[nH]c2cc(Cl)ccc32)cn1. The second-order valence-corrected chi connectivity index (χ2v) is 9.51. The largest absolute Gasteiger partial charge is 0.357 e. The van der Waals surface area contributed by atoms with E-state index < -0.39 is 5.54 Å². The zero-order valence-corrected chi connectivity index (χ0v) is 19.6. The number of imidazole rings is 1. The van der Waals surface area contributed by atoms with E-state index in [-0.39, 0.29) is 11.9 Å². The molecule has 0 aliphatic carbocycles. The van der Waals surface area contributed by atoms with Crippen LogP contribution in [0.3, 0.4) is 0 Å². The second kappa shape index (κ2) is 7.82. The van der Waals surface area contributed by atoms with Crippen LogP contribution in [-0.4, -0.2) is 24.7 Å². The Labute approximate surface area is 201 Å². The van der Waals surface area contributed by atoms with Crippen molar-refractivity contribution in [2.45, 2.75) is 38.4 Å². The van der Waals surface area contributed by atoms with E-state index >= 15 is 0 Å². The molecule has 1 aliphatic rings. The van der Waals surface area contributed by atoms with Crippen LogP contribution in [0.4, 0.5) is 4.39 Å². The molecule has 0 bridgehead atoms. The Morgan fingerprint density at radius 2 is 1.97 bits per heavy atom. The van der Waals surface area contributed by atoms with Crippen LogP contribution in [0.5, 0.6) is 0 Å². The lowest BCUT2D eigenvalue weighted by atomic mass is 9.82. The van der Waals surface area contributed by atoms with Gasteiger partial charge in [-0.3, -0.25) is 10.00 Å². The number of fused-ring (bicyclic) bond motifs is 3. The minimum atomic E-state index is -0.473. The van der Waals surface area contributed by atoms with E-state index in [1.807, 2.05) is 29.2 Å². The number of aromatic amines is 2. The molecule has 4 heterocycles. The normalized spacial score (nSPS) is 20.1. The molecular formula is C26H24ClFN6. The summed E-state index contributed by atoms with van der Waals surface area (Å²) in [5, 5.41) is 10.2. The lowest BCUT2D eigenvalue weighted by molar-refractivity contribution is 0.296. The fourth-order valence-electron chi connectivity index (χ4n) is 4.96. The number of aromatic nitrogens is 5. The molecule has 5 aromatic rings. The first-order chi connectivity index (χ1) is 16.4. The first-order valence-electron chi connectivity index (χ1n) is 11.3. The van der Waals surface area contributed by atoms with Crippen LogP contribution in [0.15, 0.2) is 61.1 Å². The third kappa shape index (κ3) is 3.43. The number of aryl methyl sites for hydroxylation is 1. The molecule has 3 N–H and O–H groups in total. The first-order valence-corrected chi connectivity index (χ1v) is 11.7. The van der Waals surface area contributed by atoms with Crippen LogP contribution in [0, 0.1) is 5.82 Å². The predicted molar refractivity (Wildman–Crippen MR) is 131 cm³/mol. The van der Waals surface area contributed by atoms with Gasteiger partial charge in [0.2, 0.25) is 0 Å². The maximum Gasteiger partial charge on any atom is 0.126 e. The molecule has 0 spiro atoms. The summed E-state index contributed by atoms with van der Waals surface area (Å²) in [6.45, 7) is 5.04. The second-order valence-electron chi connectivity index (χ2n) is 9.08. The highest BCUT2D eigenvalue weighted by molar-refractivity contribution is 6.31. The molecule has 0 saturated carbocycles. The number of halogens is 2. The van der Waals surface area contributed by atoms with Crippen molar-refractivity contribution in [1.82, 2.24) is 30.0 Å². The highest BCUT2D eigenvalue weighted by Gasteiger charge is 2.41. The van der Waals surface area contributed by atoms with E-state index in [2.05, 4.69) is 46.5 Å². The Bertz CT molecular complexity index is 1500. The Kier molecular flexibility index (Phi) is 4.86. The van der Waals surface area contributed by atoms with Gasteiger partial charge in [0.1, 0.15) is 11.6 Å². The van der Waals surface area contributed by atoms with Gasteiger partial charge in [0, 0.05) is 46.3 Å². The number of nitrogens with zero attached hydrogens (tertiary/aromatic N) is 3. The molecule has 6 nitrogen and oxygen atoms in total. The van der Waals surface area contributed by atoms with Crippen LogP contribution in [0.1, 0.15) is 42.5 Å². The highest BCUT2D eigenvalue weighted by Crippen LogP contribution is 2.42. The first kappa shape index (κ1) is 21.1. The molecule has 2 aromatic carbocycles. The zero-order chi connectivity index (χ0) is 23.4. The zero-order valence-electron chi connectivity index (χ0n) is 18.9. The molecule has 172 valence electrons. The number of rotatable bonds is 4. The smallest absolute Gasteiger partial charge is 0.126 e. The van der Waals surface area contributed by atoms with Crippen molar-refractivity contribution in [2.24, 2.45) is 0 Å². The molecule has 0 amide bonds. The number of hydrogen-bond acceptors (Lipinski definition) is 3. The van der Waals surface area contributed by atoms with Crippen molar-refractivity contribution >= 4 is 22.5 Å². The van der Waals surface area contributed by atoms with Crippen LogP contribution < -0.4 is 5.32 Å². The summed E-state index contributed by atoms with van der Waals surface area (Å²) in [6, 6.07) is 12.3. The summed E-state index contributed by atoms with van der Waals surface area (Å²) in [6.07, 6.45) is 6.54. The average Bonchev–Trinajstić information content (AvgIpc) is 3.57. The summed E-state index contributed by atoms with van der Waals surface area (Å²) in [4.78, 5) is 11.8. The van der Waals surface area contributed by atoms with Crippen molar-refractivity contribution in [3.8, 4) is 11.3 Å². The quantitative estimate of drug-likeness (QED) is 0.312. The van der Waals surface area contributed by atoms with Crippen molar-refractivity contribution in [3.63, 3.8) is 0 Å². The van der Waals surface area contributed by atoms with Gasteiger partial charge in [0.05, 0.1) is 29.7 Å². The predicted octanol–water partition coefficient (Wildman–Crippen LogP) is 5.72. The van der Waals surface area contributed by atoms with E-state index in [9.17, 15) is 4.39 Å². The van der Waals surface area contributed by atoms with Gasteiger partial charge in [-0.15, -0.1) is 0 Å². The number of benzene rings is 2. The molecular weight excluding hydrogens is 451 g/mol. The van der Waals surface area contributed by atoms with E-state index in [0.29, 0.717) is 5.02 Å². The molecule has 2 atom stereocenters. The van der Waals surface area contributed by atoms with Crippen molar-refractivity contribution in [3.05, 3.63) is 94.5 Å². The Balaban J connectivity index is 1.47. The van der Waals surface area contributed by atoms with E-state index in [4.69, 9.17) is 16.6 Å². The third-order valence-electron chi connectivity index (χ3n) is 6.75. The summed E-state index contributed by atoms with van der Waals surface area (Å²) < 4.78 is 15.3. The van der Waals surface area contributed by atoms with E-state index in [1.54, 1.807) is 12.1 Å². The maximum absolute atomic E-state index is 13.4. The Morgan fingerprint density at radius 3 is 2.74 bits per heavy atom. The fraction of sp³-hybridized carbons (Fsp3) is 0.231. The summed E-state index contributed by atoms with van der Waals surface area (Å²) in [5.74, 6) is 0.570. The topological polar surface area (TPSA) is 74.3 Å². The molecule has 34 heavy (non-hydrogen) atoms. The van der Waals surface area contributed by atoms with Gasteiger partial charge in [-0.1, -0.05) is 17.7 Å². The van der Waals surface area contributed by atoms with E-state index in [0.717, 1.165) is 52.2 Å². The summed E-state index contributed by atoms with van der Waals surface area (Å²) in [7, 11) is 0. The lowest BCUT2D eigenvalue weighted by Gasteiger charge is -2.38. The van der Waals surface area contributed by atoms with Crippen LogP contribution in [0.25, 0.3) is 22.2 Å². The van der Waals surface area contributed by atoms with Crippen molar-refractivity contribution < 1.29 is 4.39 Å². The lowest BCUT2D eigenvalue weighted by Crippen LogP contribution is -2.48. The number of nitrogens with one attached hydrogen (secondary N) is 3. The summed E-state index contributed by atoms with van der Waals surface area (Å²) >= 11 is 6.29. The van der Waals surface area contributed by atoms with Gasteiger partial charge in [-0.2, -0.15) is 5.10 Å². The van der Waals surface area contributed by atoms with E-state index in [1.165, 1.54) is 17.7 Å². The van der Waals surface area contributed by atoms with Crippen molar-refractivity contribution in [1.29, 1.82) is 0 Å². The van der Waals surface area contributed by atoms with Crippen LogP contribution in [0.2, 0.25) is 5.02 Å². The Hall–Kier alpha value is -3.42. The molecule has 0 saturated heterocycles.